The first-order valence-electron chi connectivity index (χ1n) is 8.97. The van der Waals surface area contributed by atoms with Gasteiger partial charge in [-0.15, -0.1) is 11.3 Å². The predicted octanol–water partition coefficient (Wildman–Crippen LogP) is 2.55. The molecule has 2 aromatic heterocycles. The SMILES string of the molecule is CCc1c(C(=O)N2CCC[C@H](c3nn(C)c(=O)n3CC)C2)csc1C. The lowest BCUT2D eigenvalue weighted by Gasteiger charge is -2.32. The highest BCUT2D eigenvalue weighted by atomic mass is 32.1. The van der Waals surface area contributed by atoms with Gasteiger partial charge >= 0.3 is 5.69 Å². The van der Waals surface area contributed by atoms with Crippen molar-refractivity contribution in [3.05, 3.63) is 37.7 Å². The van der Waals surface area contributed by atoms with Gasteiger partial charge in [-0.1, -0.05) is 6.92 Å². The number of nitrogens with zero attached hydrogens (tertiary/aromatic N) is 4. The summed E-state index contributed by atoms with van der Waals surface area (Å²) in [5, 5.41) is 6.43. The molecule has 1 aliphatic rings. The molecule has 0 bridgehead atoms. The van der Waals surface area contributed by atoms with E-state index in [4.69, 9.17) is 0 Å². The number of aryl methyl sites for hydroxylation is 2. The summed E-state index contributed by atoms with van der Waals surface area (Å²) in [6, 6.07) is 0. The molecular weight excluding hydrogens is 336 g/mol. The van der Waals surface area contributed by atoms with Gasteiger partial charge in [0.15, 0.2) is 0 Å². The molecule has 1 amide bonds. The van der Waals surface area contributed by atoms with Gasteiger partial charge in [0.1, 0.15) is 5.82 Å². The second kappa shape index (κ2) is 7.15. The van der Waals surface area contributed by atoms with Crippen molar-refractivity contribution in [1.82, 2.24) is 19.2 Å². The number of carbonyl (C=O) groups excluding carboxylic acids is 1. The van der Waals surface area contributed by atoms with Gasteiger partial charge in [0, 0.05) is 42.9 Å². The Balaban J connectivity index is 1.85. The van der Waals surface area contributed by atoms with Gasteiger partial charge < -0.3 is 4.90 Å². The summed E-state index contributed by atoms with van der Waals surface area (Å²) in [6.45, 7) is 8.14. The van der Waals surface area contributed by atoms with Crippen LogP contribution in [0.3, 0.4) is 0 Å². The van der Waals surface area contributed by atoms with Crippen LogP contribution in [-0.2, 0) is 20.0 Å². The first-order valence-corrected chi connectivity index (χ1v) is 9.85. The number of hydrogen-bond donors (Lipinski definition) is 0. The van der Waals surface area contributed by atoms with Crippen LogP contribution in [0.5, 0.6) is 0 Å². The largest absolute Gasteiger partial charge is 0.345 e. The van der Waals surface area contributed by atoms with Crippen LogP contribution in [-0.4, -0.2) is 38.2 Å². The molecule has 1 fully saturated rings. The van der Waals surface area contributed by atoms with Crippen LogP contribution < -0.4 is 5.69 Å². The third kappa shape index (κ3) is 3.17. The summed E-state index contributed by atoms with van der Waals surface area (Å²) in [6.07, 6.45) is 2.78. The Bertz CT molecular complexity index is 833. The third-order valence-electron chi connectivity index (χ3n) is 5.11. The molecule has 0 spiro atoms. The van der Waals surface area contributed by atoms with E-state index in [2.05, 4.69) is 18.9 Å². The molecule has 25 heavy (non-hydrogen) atoms. The molecule has 3 rings (SSSR count). The average Bonchev–Trinajstić information content (AvgIpc) is 3.14. The van der Waals surface area contributed by atoms with Crippen molar-refractivity contribution >= 4 is 17.2 Å². The number of carbonyl (C=O) groups is 1. The lowest BCUT2D eigenvalue weighted by atomic mass is 9.96. The van der Waals surface area contributed by atoms with Crippen LogP contribution in [0.15, 0.2) is 10.2 Å². The van der Waals surface area contributed by atoms with Crippen molar-refractivity contribution in [2.75, 3.05) is 13.1 Å². The number of aromatic nitrogens is 3. The number of amides is 1. The number of rotatable bonds is 4. The summed E-state index contributed by atoms with van der Waals surface area (Å²) in [5.41, 5.74) is 1.93. The lowest BCUT2D eigenvalue weighted by Crippen LogP contribution is -2.40. The predicted molar refractivity (Wildman–Crippen MR) is 99.5 cm³/mol. The summed E-state index contributed by atoms with van der Waals surface area (Å²) >= 11 is 1.65. The Morgan fingerprint density at radius 2 is 2.16 bits per heavy atom. The van der Waals surface area contributed by atoms with E-state index in [-0.39, 0.29) is 17.5 Å². The Morgan fingerprint density at radius 3 is 2.84 bits per heavy atom. The van der Waals surface area contributed by atoms with E-state index in [1.165, 1.54) is 15.1 Å². The zero-order chi connectivity index (χ0) is 18.1. The van der Waals surface area contributed by atoms with E-state index in [0.717, 1.165) is 37.2 Å². The fourth-order valence-electron chi connectivity index (χ4n) is 3.76. The molecule has 0 aromatic carbocycles. The van der Waals surface area contributed by atoms with Crippen LogP contribution in [0.25, 0.3) is 0 Å². The van der Waals surface area contributed by atoms with E-state index < -0.39 is 0 Å². The van der Waals surface area contributed by atoms with Crippen molar-refractivity contribution in [3.8, 4) is 0 Å². The quantitative estimate of drug-likeness (QED) is 0.840. The van der Waals surface area contributed by atoms with E-state index in [9.17, 15) is 9.59 Å². The molecule has 0 aliphatic carbocycles. The Kier molecular flexibility index (Phi) is 5.13. The monoisotopic (exact) mass is 362 g/mol. The van der Waals surface area contributed by atoms with Gasteiger partial charge in [-0.2, -0.15) is 5.10 Å². The normalized spacial score (nSPS) is 17.9. The van der Waals surface area contributed by atoms with E-state index in [0.29, 0.717) is 13.1 Å². The van der Waals surface area contributed by atoms with E-state index >= 15 is 0 Å². The molecule has 7 heteroatoms. The second-order valence-corrected chi connectivity index (χ2v) is 7.72. The zero-order valence-electron chi connectivity index (χ0n) is 15.4. The van der Waals surface area contributed by atoms with E-state index in [1.807, 2.05) is 17.2 Å². The van der Waals surface area contributed by atoms with Gasteiger partial charge in [0.2, 0.25) is 0 Å². The highest BCUT2D eigenvalue weighted by Gasteiger charge is 2.30. The highest BCUT2D eigenvalue weighted by molar-refractivity contribution is 7.10. The number of piperidine rings is 1. The maximum Gasteiger partial charge on any atom is 0.345 e. The summed E-state index contributed by atoms with van der Waals surface area (Å²) < 4.78 is 3.13. The minimum Gasteiger partial charge on any atom is -0.338 e. The molecule has 0 N–H and O–H groups in total. The first kappa shape index (κ1) is 17.9. The van der Waals surface area contributed by atoms with Gasteiger partial charge in [-0.25, -0.2) is 9.48 Å². The Hall–Kier alpha value is -1.89. The summed E-state index contributed by atoms with van der Waals surface area (Å²) in [7, 11) is 1.69. The fraction of sp³-hybridized carbons (Fsp3) is 0.611. The topological polar surface area (TPSA) is 60.1 Å². The lowest BCUT2D eigenvalue weighted by molar-refractivity contribution is 0.0702. The van der Waals surface area contributed by atoms with Crippen LogP contribution in [0.2, 0.25) is 0 Å². The maximum absolute atomic E-state index is 13.0. The van der Waals surface area contributed by atoms with E-state index in [1.54, 1.807) is 23.0 Å². The maximum atomic E-state index is 13.0. The molecule has 0 radical (unpaired) electrons. The highest BCUT2D eigenvalue weighted by Crippen LogP contribution is 2.29. The molecular formula is C18H26N4O2S. The summed E-state index contributed by atoms with van der Waals surface area (Å²) in [4.78, 5) is 28.4. The summed E-state index contributed by atoms with van der Waals surface area (Å²) in [5.74, 6) is 1.05. The van der Waals surface area contributed by atoms with Crippen molar-refractivity contribution in [3.63, 3.8) is 0 Å². The molecule has 1 atom stereocenters. The molecule has 2 aromatic rings. The Labute approximate surface area is 152 Å². The minimum absolute atomic E-state index is 0.0809. The average molecular weight is 362 g/mol. The van der Waals surface area contributed by atoms with Crippen LogP contribution in [0.4, 0.5) is 0 Å². The minimum atomic E-state index is -0.0809. The Morgan fingerprint density at radius 1 is 1.40 bits per heavy atom. The zero-order valence-corrected chi connectivity index (χ0v) is 16.2. The van der Waals surface area contributed by atoms with Crippen LogP contribution >= 0.6 is 11.3 Å². The third-order valence-corrected chi connectivity index (χ3v) is 6.07. The van der Waals surface area contributed by atoms with Crippen molar-refractivity contribution in [2.24, 2.45) is 7.05 Å². The smallest absolute Gasteiger partial charge is 0.338 e. The number of hydrogen-bond acceptors (Lipinski definition) is 4. The van der Waals surface area contributed by atoms with Crippen molar-refractivity contribution in [2.45, 2.75) is 52.5 Å². The second-order valence-electron chi connectivity index (χ2n) is 6.64. The van der Waals surface area contributed by atoms with Crippen LogP contribution in [0.1, 0.15) is 59.2 Å². The van der Waals surface area contributed by atoms with Gasteiger partial charge in [-0.3, -0.25) is 9.36 Å². The number of likely N-dealkylation sites (tertiary alicyclic amines) is 1. The number of thiophene rings is 1. The molecule has 0 saturated carbocycles. The van der Waals surface area contributed by atoms with Crippen molar-refractivity contribution in [1.29, 1.82) is 0 Å². The van der Waals surface area contributed by atoms with Gasteiger partial charge in [-0.05, 0) is 38.7 Å². The first-order chi connectivity index (χ1) is 12.0. The standard InChI is InChI=1S/C18H26N4O2S/c1-5-14-12(3)25-11-15(14)17(23)21-9-7-8-13(10-21)16-19-20(4)18(24)22(16)6-2/h11,13H,5-10H2,1-4H3/t13-/m0/s1. The van der Waals surface area contributed by atoms with Gasteiger partial charge in [0.05, 0.1) is 5.56 Å². The molecule has 3 heterocycles. The molecule has 136 valence electrons. The molecule has 1 saturated heterocycles. The molecule has 6 nitrogen and oxygen atoms in total. The fourth-order valence-corrected chi connectivity index (χ4v) is 4.70. The molecule has 1 aliphatic heterocycles. The molecule has 0 unspecified atom stereocenters. The van der Waals surface area contributed by atoms with Gasteiger partial charge in [0.25, 0.3) is 5.91 Å². The van der Waals surface area contributed by atoms with Crippen LogP contribution in [0, 0.1) is 6.92 Å². The van der Waals surface area contributed by atoms with Crippen molar-refractivity contribution < 1.29 is 4.79 Å².